The van der Waals surface area contributed by atoms with E-state index in [0.29, 0.717) is 22.3 Å². The number of aliphatic hydroxyl groups is 1. The number of amides is 1. The molecule has 11 nitrogen and oxygen atoms in total. The molecule has 3 aromatic heterocycles. The second-order valence-corrected chi connectivity index (χ2v) is 13.5. The van der Waals surface area contributed by atoms with Crippen LogP contribution in [0.2, 0.25) is 0 Å². The molecule has 0 bridgehead atoms. The Morgan fingerprint density at radius 2 is 1.67 bits per heavy atom. The summed E-state index contributed by atoms with van der Waals surface area (Å²) in [5.41, 5.74) is 1.62. The maximum absolute atomic E-state index is 14.2. The fraction of sp³-hybridized carbons (Fsp3) is 0.200. The normalized spacial score (nSPS) is 12.4. The number of anilines is 1. The predicted octanol–water partition coefficient (Wildman–Crippen LogP) is 5.19. The van der Waals surface area contributed by atoms with Gasteiger partial charge < -0.3 is 14.8 Å². The number of benzene rings is 3. The topological polar surface area (TPSA) is 148 Å². The summed E-state index contributed by atoms with van der Waals surface area (Å²) in [4.78, 5) is 36.7. The molecular weight excluding hydrogens is 656 g/mol. The van der Waals surface area contributed by atoms with Gasteiger partial charge in [-0.25, -0.2) is 27.2 Å². The minimum Gasteiger partial charge on any atom is -0.455 e. The Hall–Kier alpha value is -5.47. The van der Waals surface area contributed by atoms with Gasteiger partial charge in [0.15, 0.2) is 5.52 Å². The molecule has 3 aromatic carbocycles. The zero-order valence-corrected chi connectivity index (χ0v) is 27.7. The summed E-state index contributed by atoms with van der Waals surface area (Å²) in [5.74, 6) is -0.947. The number of furan rings is 1. The number of aliphatic hydroxyl groups excluding tert-OH is 1. The van der Waals surface area contributed by atoms with Crippen molar-refractivity contribution in [2.24, 2.45) is 0 Å². The van der Waals surface area contributed by atoms with Gasteiger partial charge in [-0.2, -0.15) is 0 Å². The summed E-state index contributed by atoms with van der Waals surface area (Å²) in [6, 6.07) is 16.5. The number of hydrogen-bond acceptors (Lipinski definition) is 8. The number of fused-ring (bicyclic) bond motifs is 2. The summed E-state index contributed by atoms with van der Waals surface area (Å²) in [5, 5.41) is 12.8. The molecule has 6 rings (SSSR count). The van der Waals surface area contributed by atoms with Gasteiger partial charge in [0.1, 0.15) is 28.8 Å². The van der Waals surface area contributed by atoms with Crippen LogP contribution in [0, 0.1) is 18.6 Å². The van der Waals surface area contributed by atoms with Gasteiger partial charge in [0.2, 0.25) is 10.0 Å². The number of pyridine rings is 1. The molecule has 14 heteroatoms. The van der Waals surface area contributed by atoms with Crippen LogP contribution in [0.4, 0.5) is 14.5 Å². The summed E-state index contributed by atoms with van der Waals surface area (Å²) in [6.45, 7) is 1.38. The highest BCUT2D eigenvalue weighted by Gasteiger charge is 2.27. The number of nitrogens with one attached hydrogen (secondary N) is 1. The molecule has 0 fully saturated rings. The van der Waals surface area contributed by atoms with Crippen LogP contribution >= 0.6 is 0 Å². The van der Waals surface area contributed by atoms with Crippen LogP contribution in [0.1, 0.15) is 34.2 Å². The van der Waals surface area contributed by atoms with E-state index in [-0.39, 0.29) is 57.9 Å². The summed E-state index contributed by atoms with van der Waals surface area (Å²) in [7, 11) is -1.04. The summed E-state index contributed by atoms with van der Waals surface area (Å²) < 4.78 is 61.7. The molecule has 6 aromatic rings. The molecule has 0 saturated carbocycles. The van der Waals surface area contributed by atoms with Crippen LogP contribution in [0.25, 0.3) is 44.6 Å². The van der Waals surface area contributed by atoms with Crippen molar-refractivity contribution in [3.8, 4) is 22.6 Å². The van der Waals surface area contributed by atoms with Crippen molar-refractivity contribution in [3.63, 3.8) is 0 Å². The van der Waals surface area contributed by atoms with Gasteiger partial charge in [-0.3, -0.25) is 18.5 Å². The first-order chi connectivity index (χ1) is 23.3. The fourth-order valence-corrected chi connectivity index (χ4v) is 6.40. The van der Waals surface area contributed by atoms with Crippen molar-refractivity contribution in [1.82, 2.24) is 19.9 Å². The average Bonchev–Trinajstić information content (AvgIpc) is 3.45. The molecule has 49 heavy (non-hydrogen) atoms. The van der Waals surface area contributed by atoms with Gasteiger partial charge in [-0.05, 0) is 73.5 Å². The van der Waals surface area contributed by atoms with Crippen molar-refractivity contribution < 1.29 is 31.5 Å². The molecular formula is C35H31F2N5O6S. The Bertz CT molecular complexity index is 2410. The van der Waals surface area contributed by atoms with Crippen LogP contribution in [0.3, 0.4) is 0 Å². The lowest BCUT2D eigenvalue weighted by molar-refractivity contribution is 0.0964. The SMILES string of the molecule is CNC(=O)c1c(-c2ccc(F)cc2)oc2cc(N(C)S(C)(=O)=O)c(-c3ccc4nc(C)n([C@H](CCO)c5ccc(F)cc5)c(=O)c4n3)cc12. The Kier molecular flexibility index (Phi) is 8.77. The quantitative estimate of drug-likeness (QED) is 0.211. The Balaban J connectivity index is 1.62. The number of halogens is 2. The van der Waals surface area contributed by atoms with E-state index < -0.39 is 39.2 Å². The van der Waals surface area contributed by atoms with E-state index >= 15 is 0 Å². The highest BCUT2D eigenvalue weighted by molar-refractivity contribution is 7.92. The number of aromatic nitrogens is 3. The average molecular weight is 688 g/mol. The molecule has 1 amide bonds. The molecule has 0 aliphatic rings. The van der Waals surface area contributed by atoms with Gasteiger partial charge in [0.05, 0.1) is 34.8 Å². The smallest absolute Gasteiger partial charge is 0.280 e. The van der Waals surface area contributed by atoms with Gasteiger partial charge in [0.25, 0.3) is 11.5 Å². The maximum atomic E-state index is 14.2. The fourth-order valence-electron chi connectivity index (χ4n) is 5.89. The van der Waals surface area contributed by atoms with E-state index in [4.69, 9.17) is 4.42 Å². The number of carbonyl (C=O) groups is 1. The van der Waals surface area contributed by atoms with Crippen LogP contribution in [0.5, 0.6) is 0 Å². The highest BCUT2D eigenvalue weighted by atomic mass is 32.2. The van der Waals surface area contributed by atoms with E-state index in [2.05, 4.69) is 15.3 Å². The largest absolute Gasteiger partial charge is 0.455 e. The number of sulfonamides is 1. The van der Waals surface area contributed by atoms with E-state index in [1.54, 1.807) is 25.1 Å². The van der Waals surface area contributed by atoms with E-state index in [1.807, 2.05) is 0 Å². The number of nitrogens with zero attached hydrogens (tertiary/aromatic N) is 4. The molecule has 0 radical (unpaired) electrons. The Morgan fingerprint density at radius 3 is 2.29 bits per heavy atom. The maximum Gasteiger partial charge on any atom is 0.280 e. The van der Waals surface area contributed by atoms with E-state index in [0.717, 1.165) is 10.6 Å². The van der Waals surface area contributed by atoms with Crippen LogP contribution in [-0.2, 0) is 10.0 Å². The first kappa shape index (κ1) is 33.4. The molecule has 0 saturated heterocycles. The van der Waals surface area contributed by atoms with Gasteiger partial charge in [-0.15, -0.1) is 0 Å². The monoisotopic (exact) mass is 687 g/mol. The van der Waals surface area contributed by atoms with Crippen molar-refractivity contribution in [3.05, 3.63) is 112 Å². The molecule has 0 spiro atoms. The zero-order valence-electron chi connectivity index (χ0n) is 26.9. The van der Waals surface area contributed by atoms with Crippen molar-refractivity contribution in [2.45, 2.75) is 19.4 Å². The molecule has 3 heterocycles. The highest BCUT2D eigenvalue weighted by Crippen LogP contribution is 2.41. The standard InChI is InChI=1S/C35H31F2N5O6S/c1-19-39-27-14-13-26(40-32(27)35(45)42(19)28(15-16-43)20-5-9-22(36)10-6-20)24-17-25-30(18-29(24)41(3)49(4,46)47)48-33(31(25)34(44)38-2)21-7-11-23(37)12-8-21/h5-14,17-18,28,43H,15-16H2,1-4H3,(H,38,44)/t28-/m1/s1. The molecule has 0 aliphatic heterocycles. The predicted molar refractivity (Wildman–Crippen MR) is 182 cm³/mol. The first-order valence-electron chi connectivity index (χ1n) is 15.1. The number of aryl methyl sites for hydroxylation is 1. The third-order valence-electron chi connectivity index (χ3n) is 8.37. The van der Waals surface area contributed by atoms with Gasteiger partial charge in [0, 0.05) is 43.3 Å². The third kappa shape index (κ3) is 6.16. The minimum absolute atomic E-state index is 0.0353. The Labute approximate surface area is 279 Å². The summed E-state index contributed by atoms with van der Waals surface area (Å²) in [6.07, 6.45) is 1.16. The van der Waals surface area contributed by atoms with Crippen molar-refractivity contribution in [2.75, 3.05) is 31.3 Å². The number of rotatable bonds is 9. The van der Waals surface area contributed by atoms with E-state index in [1.165, 1.54) is 73.3 Å². The molecule has 252 valence electrons. The van der Waals surface area contributed by atoms with E-state index in [9.17, 15) is 31.9 Å². The van der Waals surface area contributed by atoms with Crippen molar-refractivity contribution >= 4 is 43.6 Å². The second kappa shape index (κ2) is 12.9. The van der Waals surface area contributed by atoms with Crippen molar-refractivity contribution in [1.29, 1.82) is 0 Å². The molecule has 0 unspecified atom stereocenters. The Morgan fingerprint density at radius 1 is 1.02 bits per heavy atom. The first-order valence-corrected chi connectivity index (χ1v) is 17.0. The second-order valence-electron chi connectivity index (χ2n) is 11.5. The lowest BCUT2D eigenvalue weighted by Crippen LogP contribution is -2.30. The molecule has 2 N–H and O–H groups in total. The van der Waals surface area contributed by atoms with Gasteiger partial charge in [-0.1, -0.05) is 12.1 Å². The third-order valence-corrected chi connectivity index (χ3v) is 9.57. The van der Waals surface area contributed by atoms with Gasteiger partial charge >= 0.3 is 0 Å². The molecule has 0 aliphatic carbocycles. The minimum atomic E-state index is -3.84. The lowest BCUT2D eigenvalue weighted by atomic mass is 10.0. The van der Waals surface area contributed by atoms with Crippen LogP contribution < -0.4 is 15.2 Å². The zero-order chi connectivity index (χ0) is 35.2. The molecule has 1 atom stereocenters. The van der Waals surface area contributed by atoms with Crippen LogP contribution in [0.15, 0.2) is 82.0 Å². The van der Waals surface area contributed by atoms with Crippen LogP contribution in [-0.4, -0.2) is 60.9 Å². The summed E-state index contributed by atoms with van der Waals surface area (Å²) >= 11 is 0. The lowest BCUT2D eigenvalue weighted by Gasteiger charge is -2.22. The number of hydrogen-bond donors (Lipinski definition) is 2. The number of carbonyl (C=O) groups excluding carboxylic acids is 1.